The molecule has 2 aromatic heterocycles. The largest absolute Gasteiger partial charge is 0.461 e. The van der Waals surface area contributed by atoms with Gasteiger partial charge in [-0.3, -0.25) is 0 Å². The molecule has 0 spiro atoms. The van der Waals surface area contributed by atoms with Crippen molar-refractivity contribution in [1.82, 2.24) is 9.97 Å². The molecule has 0 aliphatic carbocycles. The van der Waals surface area contributed by atoms with E-state index < -0.39 is 5.97 Å². The Labute approximate surface area is 145 Å². The number of aromatic nitrogens is 2. The highest BCUT2D eigenvalue weighted by atomic mass is 16.5. The van der Waals surface area contributed by atoms with E-state index in [9.17, 15) is 4.79 Å². The second-order valence-corrected chi connectivity index (χ2v) is 5.29. The number of hydrogen-bond acceptors (Lipinski definition) is 5. The lowest BCUT2D eigenvalue weighted by atomic mass is 10.1. The number of benzene rings is 1. The lowest BCUT2D eigenvalue weighted by Gasteiger charge is -2.10. The van der Waals surface area contributed by atoms with Crippen LogP contribution in [0.4, 0.5) is 0 Å². The first-order valence-electron chi connectivity index (χ1n) is 7.88. The molecule has 0 fully saturated rings. The highest BCUT2D eigenvalue weighted by Gasteiger charge is 2.21. The third kappa shape index (κ3) is 3.02. The van der Waals surface area contributed by atoms with Gasteiger partial charge < -0.3 is 19.2 Å². The molecule has 1 aromatic carbocycles. The van der Waals surface area contributed by atoms with Crippen LogP contribution in [0.25, 0.3) is 21.8 Å². The first kappa shape index (κ1) is 16.8. The van der Waals surface area contributed by atoms with Crippen LogP contribution in [-0.2, 0) is 16.1 Å². The fourth-order valence-electron chi connectivity index (χ4n) is 2.82. The van der Waals surface area contributed by atoms with Gasteiger partial charge in [0.15, 0.2) is 5.69 Å². The molecule has 1 N–H and O–H groups in total. The predicted octanol–water partition coefficient (Wildman–Crippen LogP) is 3.40. The molecule has 0 saturated carbocycles. The van der Waals surface area contributed by atoms with Crippen LogP contribution >= 0.6 is 0 Å². The van der Waals surface area contributed by atoms with Gasteiger partial charge in [0.1, 0.15) is 11.9 Å². The number of esters is 1. The van der Waals surface area contributed by atoms with Crippen molar-refractivity contribution in [3.05, 3.63) is 35.7 Å². The summed E-state index contributed by atoms with van der Waals surface area (Å²) in [5.74, 6) is 2.85. The highest BCUT2D eigenvalue weighted by molar-refractivity contribution is 6.13. The van der Waals surface area contributed by atoms with Gasteiger partial charge in [0.25, 0.3) is 0 Å². The van der Waals surface area contributed by atoms with Crippen molar-refractivity contribution < 1.29 is 19.0 Å². The normalized spacial score (nSPS) is 10.5. The lowest BCUT2D eigenvalue weighted by Crippen LogP contribution is -2.11. The second-order valence-electron chi connectivity index (χ2n) is 5.29. The summed E-state index contributed by atoms with van der Waals surface area (Å²) in [7, 11) is 1.57. The van der Waals surface area contributed by atoms with Crippen molar-refractivity contribution >= 4 is 27.8 Å². The number of carbonyl (C=O) groups excluding carboxylic acids is 1. The number of ether oxygens (including phenoxy) is 3. The Morgan fingerprint density at radius 3 is 2.84 bits per heavy atom. The van der Waals surface area contributed by atoms with Crippen molar-refractivity contribution in [2.24, 2.45) is 0 Å². The summed E-state index contributed by atoms with van der Waals surface area (Å²) in [5, 5.41) is 1.66. The van der Waals surface area contributed by atoms with Crippen LogP contribution in [0, 0.1) is 12.0 Å². The molecule has 0 aliphatic heterocycles. The lowest BCUT2D eigenvalue weighted by molar-refractivity contribution is 0.0514. The third-order valence-corrected chi connectivity index (χ3v) is 3.75. The van der Waals surface area contributed by atoms with Crippen molar-refractivity contribution in [3.8, 4) is 17.8 Å². The summed E-state index contributed by atoms with van der Waals surface area (Å²) in [6, 6.07) is 5.64. The maximum Gasteiger partial charge on any atom is 0.357 e. The summed E-state index contributed by atoms with van der Waals surface area (Å²) in [5.41, 5.74) is 2.56. The molecule has 128 valence electrons. The van der Waals surface area contributed by atoms with Crippen molar-refractivity contribution in [2.75, 3.05) is 13.7 Å². The van der Waals surface area contributed by atoms with Crippen molar-refractivity contribution in [1.29, 1.82) is 0 Å². The summed E-state index contributed by atoms with van der Waals surface area (Å²) < 4.78 is 16.0. The molecule has 2 heterocycles. The number of H-pyrrole nitrogens is 1. The summed E-state index contributed by atoms with van der Waals surface area (Å²) in [6.07, 6.45) is 4.24. The predicted molar refractivity (Wildman–Crippen MR) is 94.3 cm³/mol. The first-order chi connectivity index (χ1) is 12.2. The molecule has 6 nitrogen and oxygen atoms in total. The number of fused-ring (bicyclic) bond motifs is 3. The average Bonchev–Trinajstić information content (AvgIpc) is 3.00. The van der Waals surface area contributed by atoms with E-state index in [0.717, 1.165) is 21.8 Å². The zero-order valence-corrected chi connectivity index (χ0v) is 14.3. The topological polar surface area (TPSA) is 73.4 Å². The molecule has 25 heavy (non-hydrogen) atoms. The van der Waals surface area contributed by atoms with Gasteiger partial charge in [-0.05, 0) is 19.1 Å². The summed E-state index contributed by atoms with van der Waals surface area (Å²) >= 11 is 0. The van der Waals surface area contributed by atoms with Gasteiger partial charge in [0.05, 0.1) is 35.8 Å². The maximum absolute atomic E-state index is 12.3. The Bertz CT molecular complexity index is 995. The number of hydrogen-bond donors (Lipinski definition) is 1. The SMILES string of the molecule is CC#COc1cccc2[nH]c3cnc(C(=O)OCC)c(COC)c3c12. The number of methoxy groups -OCH3 is 1. The fraction of sp³-hybridized carbons (Fsp3) is 0.263. The van der Waals surface area contributed by atoms with E-state index in [1.165, 1.54) is 0 Å². The number of carbonyl (C=O) groups is 1. The molecular formula is C19H18N2O4. The molecule has 3 rings (SSSR count). The van der Waals surface area contributed by atoms with E-state index in [1.807, 2.05) is 18.2 Å². The molecule has 0 unspecified atom stereocenters. The number of aromatic amines is 1. The Morgan fingerprint density at radius 2 is 2.12 bits per heavy atom. The quantitative estimate of drug-likeness (QED) is 0.570. The summed E-state index contributed by atoms with van der Waals surface area (Å²) in [6.45, 7) is 3.96. The standard InChI is InChI=1S/C19H18N2O4/c1-4-9-25-15-8-6-7-13-17(15)16-12(11-23-3)18(19(22)24-5-2)20-10-14(16)21-13/h6-8,10,21H,5,11H2,1-3H3. The Morgan fingerprint density at radius 1 is 1.28 bits per heavy atom. The molecule has 0 amide bonds. The van der Waals surface area contributed by atoms with E-state index in [0.29, 0.717) is 11.3 Å². The van der Waals surface area contributed by atoms with Crippen LogP contribution in [0.5, 0.6) is 5.75 Å². The smallest absolute Gasteiger partial charge is 0.357 e. The van der Waals surface area contributed by atoms with Gasteiger partial charge in [0, 0.05) is 25.0 Å². The minimum Gasteiger partial charge on any atom is -0.461 e. The van der Waals surface area contributed by atoms with Crippen LogP contribution in [-0.4, -0.2) is 29.7 Å². The van der Waals surface area contributed by atoms with Crippen LogP contribution < -0.4 is 4.74 Å². The Balaban J connectivity index is 2.35. The summed E-state index contributed by atoms with van der Waals surface area (Å²) in [4.78, 5) is 19.9. The van der Waals surface area contributed by atoms with Crippen molar-refractivity contribution in [2.45, 2.75) is 20.5 Å². The number of nitrogens with zero attached hydrogens (tertiary/aromatic N) is 1. The average molecular weight is 338 g/mol. The van der Waals surface area contributed by atoms with E-state index in [1.54, 1.807) is 27.2 Å². The molecule has 0 atom stereocenters. The Kier molecular flexibility index (Phi) is 4.87. The van der Waals surface area contributed by atoms with Gasteiger partial charge in [-0.1, -0.05) is 12.0 Å². The molecule has 0 saturated heterocycles. The van der Waals surface area contributed by atoms with Crippen molar-refractivity contribution in [3.63, 3.8) is 0 Å². The number of nitrogens with one attached hydrogen (secondary N) is 1. The van der Waals surface area contributed by atoms with E-state index in [2.05, 4.69) is 22.0 Å². The molecular weight excluding hydrogens is 320 g/mol. The zero-order chi connectivity index (χ0) is 17.8. The third-order valence-electron chi connectivity index (χ3n) is 3.75. The van der Waals surface area contributed by atoms with E-state index in [-0.39, 0.29) is 18.9 Å². The first-order valence-corrected chi connectivity index (χ1v) is 7.88. The van der Waals surface area contributed by atoms with Crippen LogP contribution in [0.1, 0.15) is 29.9 Å². The van der Waals surface area contributed by atoms with E-state index >= 15 is 0 Å². The van der Waals surface area contributed by atoms with E-state index in [4.69, 9.17) is 14.2 Å². The molecule has 6 heteroatoms. The molecule has 0 bridgehead atoms. The van der Waals surface area contributed by atoms with Gasteiger partial charge in [-0.2, -0.15) is 0 Å². The second kappa shape index (κ2) is 7.24. The monoisotopic (exact) mass is 338 g/mol. The minimum atomic E-state index is -0.474. The molecule has 3 aromatic rings. The Hall–Kier alpha value is -3.04. The fourth-order valence-corrected chi connectivity index (χ4v) is 2.82. The van der Waals surface area contributed by atoms with Crippen LogP contribution in [0.15, 0.2) is 24.4 Å². The van der Waals surface area contributed by atoms with Gasteiger partial charge in [-0.25, -0.2) is 9.78 Å². The zero-order valence-electron chi connectivity index (χ0n) is 14.3. The van der Waals surface area contributed by atoms with Gasteiger partial charge in [-0.15, -0.1) is 0 Å². The van der Waals surface area contributed by atoms with Gasteiger partial charge >= 0.3 is 5.97 Å². The molecule has 0 aliphatic rings. The number of rotatable bonds is 5. The van der Waals surface area contributed by atoms with Crippen LogP contribution in [0.2, 0.25) is 0 Å². The molecule has 0 radical (unpaired) electrons. The minimum absolute atomic E-state index is 0.221. The maximum atomic E-state index is 12.3. The van der Waals surface area contributed by atoms with Crippen LogP contribution in [0.3, 0.4) is 0 Å². The highest BCUT2D eigenvalue weighted by Crippen LogP contribution is 2.36. The number of pyridine rings is 1. The van der Waals surface area contributed by atoms with Gasteiger partial charge in [0.2, 0.25) is 0 Å².